The Balaban J connectivity index is 3.01. The van der Waals surface area contributed by atoms with E-state index < -0.39 is 29.9 Å². The normalized spacial score (nSPS) is 21.7. The van der Waals surface area contributed by atoms with Gasteiger partial charge in [-0.1, -0.05) is 25.4 Å². The highest BCUT2D eigenvalue weighted by atomic mass is 35.5. The van der Waals surface area contributed by atoms with E-state index in [9.17, 15) is 14.4 Å². The maximum Gasteiger partial charge on any atom is 0.332 e. The molecule has 2 unspecified atom stereocenters. The summed E-state index contributed by atoms with van der Waals surface area (Å²) in [5.41, 5.74) is 5.61. The van der Waals surface area contributed by atoms with Crippen molar-refractivity contribution in [2.24, 2.45) is 11.7 Å². The van der Waals surface area contributed by atoms with Crippen molar-refractivity contribution in [3.63, 3.8) is 0 Å². The number of aliphatic carboxylic acids is 1. The highest BCUT2D eigenvalue weighted by Gasteiger charge is 2.43. The van der Waals surface area contributed by atoms with Gasteiger partial charge in [0, 0.05) is 6.08 Å². The lowest BCUT2D eigenvalue weighted by Crippen LogP contribution is -2.52. The zero-order valence-corrected chi connectivity index (χ0v) is 10.1. The summed E-state index contributed by atoms with van der Waals surface area (Å²) in [6.07, 6.45) is 0.922. The molecular weight excluding hydrogens is 248 g/mol. The van der Waals surface area contributed by atoms with Gasteiger partial charge >= 0.3 is 5.97 Å². The Morgan fingerprint density at radius 1 is 1.53 bits per heavy atom. The Morgan fingerprint density at radius 3 is 2.47 bits per heavy atom. The summed E-state index contributed by atoms with van der Waals surface area (Å²) in [6, 6.07) is -2.39. The van der Waals surface area contributed by atoms with E-state index in [1.807, 2.05) is 0 Å². The van der Waals surface area contributed by atoms with Crippen molar-refractivity contribution in [1.29, 1.82) is 0 Å². The van der Waals surface area contributed by atoms with Crippen LogP contribution in [0.5, 0.6) is 0 Å². The fourth-order valence-electron chi connectivity index (χ4n) is 1.43. The highest BCUT2D eigenvalue weighted by Crippen LogP contribution is 2.24. The standard InChI is InChI=1S/C10H13ClN2O4/c1-4(2)7(12)9(15)13-6(14)3-5(11)8(13)10(16)17/h3-4,7-8H,12H2,1-2H3,(H,16,17). The van der Waals surface area contributed by atoms with Gasteiger partial charge in [-0.15, -0.1) is 0 Å². The molecule has 1 heterocycles. The monoisotopic (exact) mass is 260 g/mol. The van der Waals surface area contributed by atoms with Crippen LogP contribution in [0.1, 0.15) is 13.8 Å². The average Bonchev–Trinajstić information content (AvgIpc) is 2.51. The van der Waals surface area contributed by atoms with E-state index in [-0.39, 0.29) is 11.0 Å². The SMILES string of the molecule is CC(C)C(N)C(=O)N1C(=O)C=C(Cl)C1C(=O)O. The van der Waals surface area contributed by atoms with Gasteiger partial charge in [0.05, 0.1) is 11.1 Å². The molecule has 0 saturated heterocycles. The van der Waals surface area contributed by atoms with Gasteiger partial charge in [-0.2, -0.15) is 0 Å². The molecule has 1 rings (SSSR count). The van der Waals surface area contributed by atoms with Gasteiger partial charge in [0.15, 0.2) is 6.04 Å². The summed E-state index contributed by atoms with van der Waals surface area (Å²) in [5.74, 6) is -3.04. The van der Waals surface area contributed by atoms with Crippen LogP contribution in [-0.4, -0.2) is 39.9 Å². The van der Waals surface area contributed by atoms with Crippen LogP contribution in [0.3, 0.4) is 0 Å². The van der Waals surface area contributed by atoms with E-state index in [0.29, 0.717) is 4.90 Å². The molecule has 0 fully saturated rings. The Hall–Kier alpha value is -1.40. The van der Waals surface area contributed by atoms with Crippen LogP contribution in [0, 0.1) is 5.92 Å². The topological polar surface area (TPSA) is 101 Å². The number of imide groups is 1. The molecule has 0 bridgehead atoms. The Labute approximate surface area is 103 Å². The maximum atomic E-state index is 11.9. The molecule has 94 valence electrons. The molecule has 2 amide bonds. The second kappa shape index (κ2) is 4.85. The third kappa shape index (κ3) is 2.48. The molecule has 7 heteroatoms. The number of carboxylic acid groups (broad SMARTS) is 1. The molecule has 0 spiro atoms. The van der Waals surface area contributed by atoms with Gasteiger partial charge in [-0.25, -0.2) is 4.79 Å². The van der Waals surface area contributed by atoms with Crippen LogP contribution in [0.15, 0.2) is 11.1 Å². The number of rotatable bonds is 3. The summed E-state index contributed by atoms with van der Waals surface area (Å²) in [7, 11) is 0. The Kier molecular flexibility index (Phi) is 3.90. The fraction of sp³-hybridized carbons (Fsp3) is 0.500. The van der Waals surface area contributed by atoms with Crippen molar-refractivity contribution in [3.8, 4) is 0 Å². The number of halogens is 1. The van der Waals surface area contributed by atoms with E-state index in [0.717, 1.165) is 6.08 Å². The summed E-state index contributed by atoms with van der Waals surface area (Å²) in [5, 5.41) is 8.74. The van der Waals surface area contributed by atoms with Crippen LogP contribution in [0.25, 0.3) is 0 Å². The lowest BCUT2D eigenvalue weighted by Gasteiger charge is -2.25. The van der Waals surface area contributed by atoms with Gasteiger partial charge in [0.1, 0.15) is 0 Å². The molecule has 1 aliphatic rings. The molecule has 2 atom stereocenters. The van der Waals surface area contributed by atoms with Gasteiger partial charge in [0.25, 0.3) is 5.91 Å². The molecule has 0 aromatic rings. The largest absolute Gasteiger partial charge is 0.479 e. The van der Waals surface area contributed by atoms with Crippen molar-refractivity contribution in [3.05, 3.63) is 11.1 Å². The summed E-state index contributed by atoms with van der Waals surface area (Å²) in [4.78, 5) is 34.9. The van der Waals surface area contributed by atoms with Crippen molar-refractivity contribution >= 4 is 29.4 Å². The predicted octanol–water partition coefficient (Wildman–Crippen LogP) is -0.0856. The zero-order valence-electron chi connectivity index (χ0n) is 9.38. The van der Waals surface area contributed by atoms with Crippen molar-refractivity contribution in [2.75, 3.05) is 0 Å². The number of carbonyl (C=O) groups is 3. The average molecular weight is 261 g/mol. The highest BCUT2D eigenvalue weighted by molar-refractivity contribution is 6.35. The van der Waals surface area contributed by atoms with Crippen molar-refractivity contribution < 1.29 is 19.5 Å². The van der Waals surface area contributed by atoms with E-state index in [4.69, 9.17) is 22.4 Å². The van der Waals surface area contributed by atoms with E-state index in [1.54, 1.807) is 13.8 Å². The van der Waals surface area contributed by atoms with Crippen LogP contribution in [0.2, 0.25) is 0 Å². The number of carbonyl (C=O) groups excluding carboxylic acids is 2. The number of nitrogens with two attached hydrogens (primary N) is 1. The van der Waals surface area contributed by atoms with Crippen LogP contribution in [-0.2, 0) is 14.4 Å². The fourth-order valence-corrected chi connectivity index (χ4v) is 1.71. The van der Waals surface area contributed by atoms with Crippen LogP contribution >= 0.6 is 11.6 Å². The minimum atomic E-state index is -1.46. The summed E-state index contributed by atoms with van der Waals surface area (Å²) < 4.78 is 0. The number of hydrogen-bond donors (Lipinski definition) is 2. The molecule has 0 aliphatic carbocycles. The van der Waals surface area contributed by atoms with E-state index >= 15 is 0 Å². The molecule has 0 radical (unpaired) electrons. The number of nitrogens with zero attached hydrogens (tertiary/aromatic N) is 1. The Morgan fingerprint density at radius 2 is 2.06 bits per heavy atom. The molecule has 0 aromatic carbocycles. The van der Waals surface area contributed by atoms with Crippen molar-refractivity contribution in [1.82, 2.24) is 4.90 Å². The Bertz CT molecular complexity index is 405. The summed E-state index contributed by atoms with van der Waals surface area (Å²) in [6.45, 7) is 3.40. The number of hydrogen-bond acceptors (Lipinski definition) is 4. The van der Waals surface area contributed by atoms with Crippen LogP contribution in [0.4, 0.5) is 0 Å². The number of carboxylic acids is 1. The van der Waals surface area contributed by atoms with Gasteiger partial charge < -0.3 is 10.8 Å². The van der Waals surface area contributed by atoms with E-state index in [1.165, 1.54) is 0 Å². The molecule has 17 heavy (non-hydrogen) atoms. The number of amides is 2. The van der Waals surface area contributed by atoms with Gasteiger partial charge in [-0.3, -0.25) is 14.5 Å². The lowest BCUT2D eigenvalue weighted by molar-refractivity contribution is -0.154. The quantitative estimate of drug-likeness (QED) is 0.739. The zero-order chi connectivity index (χ0) is 13.3. The minimum absolute atomic E-state index is 0.188. The van der Waals surface area contributed by atoms with Gasteiger partial charge in [0.2, 0.25) is 5.91 Å². The van der Waals surface area contributed by atoms with Gasteiger partial charge in [-0.05, 0) is 5.92 Å². The minimum Gasteiger partial charge on any atom is -0.479 e. The third-order valence-corrected chi connectivity index (χ3v) is 2.81. The first kappa shape index (κ1) is 13.7. The molecule has 0 aromatic heterocycles. The third-order valence-electron chi connectivity index (χ3n) is 2.49. The molecule has 6 nitrogen and oxygen atoms in total. The first-order valence-electron chi connectivity index (χ1n) is 5.00. The molecule has 0 saturated carbocycles. The first-order chi connectivity index (χ1) is 7.77. The molecule has 1 aliphatic heterocycles. The van der Waals surface area contributed by atoms with E-state index in [2.05, 4.69) is 0 Å². The second-order valence-corrected chi connectivity index (χ2v) is 4.52. The summed E-state index contributed by atoms with van der Waals surface area (Å²) >= 11 is 5.62. The first-order valence-corrected chi connectivity index (χ1v) is 5.37. The molecular formula is C10H13ClN2O4. The predicted molar refractivity (Wildman–Crippen MR) is 60.0 cm³/mol. The van der Waals surface area contributed by atoms with Crippen molar-refractivity contribution in [2.45, 2.75) is 25.9 Å². The second-order valence-electron chi connectivity index (χ2n) is 4.09. The maximum absolute atomic E-state index is 11.9. The van der Waals surface area contributed by atoms with Crippen LogP contribution < -0.4 is 5.73 Å². The molecule has 3 N–H and O–H groups in total. The lowest BCUT2D eigenvalue weighted by atomic mass is 10.0. The smallest absolute Gasteiger partial charge is 0.332 e.